The van der Waals surface area contributed by atoms with Gasteiger partial charge in [-0.05, 0) is 86.4 Å². The summed E-state index contributed by atoms with van der Waals surface area (Å²) in [7, 11) is -3.80. The minimum atomic E-state index is -3.80. The topological polar surface area (TPSA) is 97.8 Å². The van der Waals surface area contributed by atoms with E-state index in [-0.39, 0.29) is 10.8 Å². The zero-order valence-corrected chi connectivity index (χ0v) is 24.4. The Bertz CT molecular complexity index is 1840. The lowest BCUT2D eigenvalue weighted by molar-refractivity contribution is 0.221. The van der Waals surface area contributed by atoms with E-state index >= 15 is 0 Å². The molecule has 0 unspecified atom stereocenters. The van der Waals surface area contributed by atoms with Gasteiger partial charge in [-0.3, -0.25) is 9.62 Å². The minimum Gasteiger partial charge on any atom is -0.494 e. The third-order valence-electron chi connectivity index (χ3n) is 7.65. The third kappa shape index (κ3) is 6.10. The van der Waals surface area contributed by atoms with Crippen molar-refractivity contribution >= 4 is 38.0 Å². The predicted molar refractivity (Wildman–Crippen MR) is 169 cm³/mol. The summed E-state index contributed by atoms with van der Waals surface area (Å²) < 4.78 is 29.0. The molecule has 0 amide bonds. The molecule has 1 fully saturated rings. The number of aliphatic imine (C=N–C) groups is 1. The quantitative estimate of drug-likeness (QED) is 0.171. The van der Waals surface area contributed by atoms with E-state index in [9.17, 15) is 13.5 Å². The van der Waals surface area contributed by atoms with Crippen LogP contribution < -0.4 is 4.72 Å². The highest BCUT2D eigenvalue weighted by atomic mass is 32.2. The van der Waals surface area contributed by atoms with E-state index in [0.717, 1.165) is 36.4 Å². The fraction of sp³-hybridized carbons (Fsp3) is 0.206. The van der Waals surface area contributed by atoms with Gasteiger partial charge in [0.2, 0.25) is 0 Å². The van der Waals surface area contributed by atoms with Gasteiger partial charge < -0.3 is 10.1 Å². The van der Waals surface area contributed by atoms with Crippen LogP contribution in [0.3, 0.4) is 0 Å². The van der Waals surface area contributed by atoms with Crippen molar-refractivity contribution < 1.29 is 13.5 Å². The molecule has 5 aromatic rings. The largest absolute Gasteiger partial charge is 0.494 e. The van der Waals surface area contributed by atoms with E-state index < -0.39 is 10.0 Å². The molecule has 0 radical (unpaired) electrons. The van der Waals surface area contributed by atoms with E-state index in [4.69, 9.17) is 4.99 Å². The molecule has 214 valence electrons. The molecular formula is C34H34N4O3S. The molecule has 42 heavy (non-hydrogen) atoms. The van der Waals surface area contributed by atoms with Gasteiger partial charge in [-0.25, -0.2) is 13.4 Å². The van der Waals surface area contributed by atoms with Gasteiger partial charge in [0.1, 0.15) is 0 Å². The van der Waals surface area contributed by atoms with Crippen LogP contribution in [0.25, 0.3) is 10.9 Å². The van der Waals surface area contributed by atoms with Crippen molar-refractivity contribution in [1.29, 1.82) is 0 Å². The second kappa shape index (κ2) is 11.8. The molecule has 1 saturated heterocycles. The fourth-order valence-corrected chi connectivity index (χ4v) is 6.67. The summed E-state index contributed by atoms with van der Waals surface area (Å²) in [6.45, 7) is 5.06. The molecule has 0 spiro atoms. The number of H-pyrrole nitrogens is 1. The predicted octanol–water partition coefficient (Wildman–Crippen LogP) is 7.14. The van der Waals surface area contributed by atoms with Crippen LogP contribution in [-0.4, -0.2) is 42.2 Å². The van der Waals surface area contributed by atoms with E-state index in [2.05, 4.69) is 26.7 Å². The molecule has 1 aliphatic heterocycles. The van der Waals surface area contributed by atoms with Crippen LogP contribution in [0.1, 0.15) is 41.5 Å². The van der Waals surface area contributed by atoms with E-state index in [1.807, 2.05) is 55.5 Å². The number of aryl methyl sites for hydroxylation is 1. The van der Waals surface area contributed by atoms with Gasteiger partial charge in [0, 0.05) is 28.7 Å². The third-order valence-corrected chi connectivity index (χ3v) is 9.03. The molecule has 7 nitrogen and oxygen atoms in total. The van der Waals surface area contributed by atoms with E-state index in [0.29, 0.717) is 27.9 Å². The summed E-state index contributed by atoms with van der Waals surface area (Å²) in [6.07, 6.45) is 3.82. The van der Waals surface area contributed by atoms with Crippen molar-refractivity contribution in [2.75, 3.05) is 17.8 Å². The first-order chi connectivity index (χ1) is 20.4. The number of sulfonamides is 1. The maximum Gasteiger partial charge on any atom is 0.261 e. The zero-order valence-electron chi connectivity index (χ0n) is 23.5. The molecule has 1 aliphatic rings. The summed E-state index contributed by atoms with van der Waals surface area (Å²) in [6, 6.07) is 29.9. The number of aromatic amines is 1. The Balaban J connectivity index is 1.37. The molecule has 8 heteroatoms. The Morgan fingerprint density at radius 2 is 1.67 bits per heavy atom. The smallest absolute Gasteiger partial charge is 0.261 e. The summed E-state index contributed by atoms with van der Waals surface area (Å²) in [5, 5.41) is 11.8. The van der Waals surface area contributed by atoms with Gasteiger partial charge in [-0.15, -0.1) is 0 Å². The monoisotopic (exact) mass is 578 g/mol. The molecule has 0 saturated carbocycles. The number of anilines is 1. The molecule has 4 aromatic carbocycles. The first kappa shape index (κ1) is 27.8. The molecule has 1 aromatic heterocycles. The average molecular weight is 579 g/mol. The first-order valence-electron chi connectivity index (χ1n) is 14.3. The molecule has 2 heterocycles. The maximum atomic E-state index is 13.1. The van der Waals surface area contributed by atoms with Crippen molar-refractivity contribution in [3.63, 3.8) is 0 Å². The van der Waals surface area contributed by atoms with Gasteiger partial charge in [-0.2, -0.15) is 0 Å². The molecule has 0 aliphatic carbocycles. The van der Waals surface area contributed by atoms with Crippen LogP contribution in [0.5, 0.6) is 5.88 Å². The average Bonchev–Trinajstić information content (AvgIpc) is 3.32. The standard InChI is InChI=1S/C34H34N4O3S/c1-24-9-8-12-29(21-24)42(40,41)37-28-17-18-31-30(22-28)32(34(39)36-31)33(26-10-4-2-5-11-26)35-27-15-13-25(14-16-27)23-38-19-6-3-7-20-38/h2,4-5,8-18,21-22,36-37,39H,3,6-7,19-20,23H2,1H3. The Hall–Kier alpha value is -4.40. The van der Waals surface area contributed by atoms with Crippen LogP contribution in [0.4, 0.5) is 11.4 Å². The highest BCUT2D eigenvalue weighted by Gasteiger charge is 2.21. The lowest BCUT2D eigenvalue weighted by atomic mass is 10.0. The SMILES string of the molecule is Cc1cccc(S(=O)(=O)Nc2ccc3[nH]c(O)c(C(=Nc4ccc(CN5CCCCC5)cc4)c4ccccc4)c3c2)c1. The number of benzene rings is 4. The zero-order chi connectivity index (χ0) is 29.1. The summed E-state index contributed by atoms with van der Waals surface area (Å²) >= 11 is 0. The summed E-state index contributed by atoms with van der Waals surface area (Å²) in [5.74, 6) is -0.0342. The second-order valence-corrected chi connectivity index (χ2v) is 12.5. The van der Waals surface area contributed by atoms with Gasteiger partial charge in [0.05, 0.1) is 21.9 Å². The first-order valence-corrected chi connectivity index (χ1v) is 15.7. The van der Waals surface area contributed by atoms with Crippen molar-refractivity contribution in [3.05, 3.63) is 119 Å². The van der Waals surface area contributed by atoms with E-state index in [1.165, 1.54) is 24.8 Å². The number of rotatable bonds is 8. The molecule has 0 atom stereocenters. The number of aromatic nitrogens is 1. The highest BCUT2D eigenvalue weighted by Crippen LogP contribution is 2.34. The fourth-order valence-electron chi connectivity index (χ4n) is 5.52. The van der Waals surface area contributed by atoms with Crippen LogP contribution in [0.2, 0.25) is 0 Å². The number of nitrogens with zero attached hydrogens (tertiary/aromatic N) is 2. The lowest BCUT2D eigenvalue weighted by Crippen LogP contribution is -2.28. The maximum absolute atomic E-state index is 13.1. The van der Waals surface area contributed by atoms with Crippen LogP contribution in [0.15, 0.2) is 107 Å². The van der Waals surface area contributed by atoms with Crippen molar-refractivity contribution in [1.82, 2.24) is 9.88 Å². The van der Waals surface area contributed by atoms with Crippen molar-refractivity contribution in [2.45, 2.75) is 37.6 Å². The summed E-state index contributed by atoms with van der Waals surface area (Å²) in [5.41, 5.74) is 5.84. The number of hydrogen-bond donors (Lipinski definition) is 3. The number of fused-ring (bicyclic) bond motifs is 1. The van der Waals surface area contributed by atoms with Crippen LogP contribution in [0, 0.1) is 6.92 Å². The second-order valence-electron chi connectivity index (χ2n) is 10.9. The Labute approximate surface area is 246 Å². The number of nitrogens with one attached hydrogen (secondary N) is 2. The van der Waals surface area contributed by atoms with Crippen LogP contribution in [-0.2, 0) is 16.6 Å². The molecule has 6 rings (SSSR count). The minimum absolute atomic E-state index is 0.0342. The van der Waals surface area contributed by atoms with Gasteiger partial charge in [0.25, 0.3) is 10.0 Å². The Morgan fingerprint density at radius 3 is 2.40 bits per heavy atom. The number of aromatic hydroxyl groups is 1. The van der Waals surface area contributed by atoms with Crippen molar-refractivity contribution in [3.8, 4) is 5.88 Å². The Kier molecular flexibility index (Phi) is 7.82. The van der Waals surface area contributed by atoms with Gasteiger partial charge in [-0.1, -0.05) is 61.0 Å². The Morgan fingerprint density at radius 1 is 0.905 bits per heavy atom. The van der Waals surface area contributed by atoms with Gasteiger partial charge in [0.15, 0.2) is 5.88 Å². The van der Waals surface area contributed by atoms with Crippen molar-refractivity contribution in [2.24, 2.45) is 4.99 Å². The molecule has 0 bridgehead atoms. The molecular weight excluding hydrogens is 544 g/mol. The van der Waals surface area contributed by atoms with Crippen LogP contribution >= 0.6 is 0 Å². The number of hydrogen-bond acceptors (Lipinski definition) is 5. The highest BCUT2D eigenvalue weighted by molar-refractivity contribution is 7.92. The lowest BCUT2D eigenvalue weighted by Gasteiger charge is -2.26. The number of likely N-dealkylation sites (tertiary alicyclic amines) is 1. The normalized spacial score (nSPS) is 14.7. The molecule has 3 N–H and O–H groups in total. The van der Waals surface area contributed by atoms with E-state index in [1.54, 1.807) is 36.4 Å². The number of piperidine rings is 1. The van der Waals surface area contributed by atoms with Gasteiger partial charge >= 0.3 is 0 Å². The summed E-state index contributed by atoms with van der Waals surface area (Å²) in [4.78, 5) is 10.7.